The SMILES string of the molecule is CN(C)CCCN(CCCN(C)C)C(=O)c1ccnc(N(C)C)c1. The second-order valence-corrected chi connectivity index (χ2v) is 6.90. The van der Waals surface area contributed by atoms with Crippen LogP contribution in [0.25, 0.3) is 0 Å². The molecule has 0 N–H and O–H groups in total. The number of nitrogens with zero attached hydrogens (tertiary/aromatic N) is 5. The lowest BCUT2D eigenvalue weighted by molar-refractivity contribution is 0.0744. The lowest BCUT2D eigenvalue weighted by atomic mass is 10.2. The van der Waals surface area contributed by atoms with Gasteiger partial charge in [0.05, 0.1) is 0 Å². The molecule has 0 radical (unpaired) electrons. The monoisotopic (exact) mass is 335 g/mol. The third kappa shape index (κ3) is 7.27. The summed E-state index contributed by atoms with van der Waals surface area (Å²) < 4.78 is 0. The molecule has 136 valence electrons. The van der Waals surface area contributed by atoms with E-state index in [1.165, 1.54) is 0 Å². The molecule has 1 amide bonds. The Labute approximate surface area is 147 Å². The van der Waals surface area contributed by atoms with Crippen LogP contribution in [0.1, 0.15) is 23.2 Å². The highest BCUT2D eigenvalue weighted by atomic mass is 16.2. The van der Waals surface area contributed by atoms with Crippen LogP contribution in [0.3, 0.4) is 0 Å². The zero-order valence-electron chi connectivity index (χ0n) is 16.1. The zero-order valence-corrected chi connectivity index (χ0v) is 16.1. The first kappa shape index (κ1) is 20.4. The summed E-state index contributed by atoms with van der Waals surface area (Å²) in [6.45, 7) is 3.53. The average Bonchev–Trinajstić information content (AvgIpc) is 2.52. The third-order valence-corrected chi connectivity index (χ3v) is 3.80. The molecule has 24 heavy (non-hydrogen) atoms. The molecule has 6 heteroatoms. The Kier molecular flexibility index (Phi) is 8.71. The molecule has 1 aromatic rings. The van der Waals surface area contributed by atoms with E-state index >= 15 is 0 Å². The maximum atomic E-state index is 12.9. The van der Waals surface area contributed by atoms with Crippen molar-refractivity contribution >= 4 is 11.7 Å². The molecule has 0 saturated heterocycles. The predicted molar refractivity (Wildman–Crippen MR) is 101 cm³/mol. The average molecular weight is 335 g/mol. The number of anilines is 1. The van der Waals surface area contributed by atoms with Crippen LogP contribution < -0.4 is 4.90 Å². The normalized spacial score (nSPS) is 11.2. The highest BCUT2D eigenvalue weighted by Crippen LogP contribution is 2.13. The summed E-state index contributed by atoms with van der Waals surface area (Å²) in [6.07, 6.45) is 3.67. The number of carbonyl (C=O) groups is 1. The summed E-state index contributed by atoms with van der Waals surface area (Å²) in [7, 11) is 12.1. The number of hydrogen-bond donors (Lipinski definition) is 0. The molecule has 1 heterocycles. The Bertz CT molecular complexity index is 488. The van der Waals surface area contributed by atoms with Crippen LogP contribution in [0.2, 0.25) is 0 Å². The molecule has 0 aliphatic rings. The van der Waals surface area contributed by atoms with Crippen LogP contribution in [-0.2, 0) is 0 Å². The van der Waals surface area contributed by atoms with Crippen LogP contribution in [-0.4, -0.2) is 94.1 Å². The first-order chi connectivity index (χ1) is 11.3. The van der Waals surface area contributed by atoms with Crippen molar-refractivity contribution in [2.75, 3.05) is 73.4 Å². The number of hydrogen-bond acceptors (Lipinski definition) is 5. The summed E-state index contributed by atoms with van der Waals surface area (Å²) in [5.74, 6) is 0.903. The fourth-order valence-electron chi connectivity index (χ4n) is 2.45. The minimum Gasteiger partial charge on any atom is -0.363 e. The molecule has 6 nitrogen and oxygen atoms in total. The Morgan fingerprint density at radius 1 is 0.917 bits per heavy atom. The van der Waals surface area contributed by atoms with E-state index in [0.717, 1.165) is 44.8 Å². The molecule has 0 unspecified atom stereocenters. The number of pyridine rings is 1. The molecule has 0 aliphatic heterocycles. The lowest BCUT2D eigenvalue weighted by Crippen LogP contribution is -2.35. The Balaban J connectivity index is 2.78. The summed E-state index contributed by atoms with van der Waals surface area (Å²) in [6, 6.07) is 3.67. The molecule has 0 bridgehead atoms. The Morgan fingerprint density at radius 3 is 1.92 bits per heavy atom. The molecule has 0 fully saturated rings. The number of rotatable bonds is 10. The van der Waals surface area contributed by atoms with Gasteiger partial charge in [-0.3, -0.25) is 4.79 Å². The molecule has 0 spiro atoms. The van der Waals surface area contributed by atoms with E-state index in [-0.39, 0.29) is 5.91 Å². The van der Waals surface area contributed by atoms with Gasteiger partial charge in [-0.1, -0.05) is 0 Å². The maximum absolute atomic E-state index is 12.9. The van der Waals surface area contributed by atoms with Crippen molar-refractivity contribution in [3.8, 4) is 0 Å². The fourth-order valence-corrected chi connectivity index (χ4v) is 2.45. The van der Waals surface area contributed by atoms with Crippen molar-refractivity contribution in [3.63, 3.8) is 0 Å². The van der Waals surface area contributed by atoms with Gasteiger partial charge in [0.15, 0.2) is 0 Å². The largest absolute Gasteiger partial charge is 0.363 e. The van der Waals surface area contributed by atoms with Gasteiger partial charge in [-0.15, -0.1) is 0 Å². The predicted octanol–water partition coefficient (Wildman–Crippen LogP) is 1.49. The van der Waals surface area contributed by atoms with E-state index in [2.05, 4.69) is 43.0 Å². The molecule has 0 aliphatic carbocycles. The first-order valence-electron chi connectivity index (χ1n) is 8.53. The number of carbonyl (C=O) groups excluding carboxylic acids is 1. The van der Waals surface area contributed by atoms with Crippen LogP contribution in [0, 0.1) is 0 Å². The second-order valence-electron chi connectivity index (χ2n) is 6.90. The van der Waals surface area contributed by atoms with Gasteiger partial charge in [0, 0.05) is 38.9 Å². The number of aromatic nitrogens is 1. The van der Waals surface area contributed by atoms with E-state index in [9.17, 15) is 4.79 Å². The van der Waals surface area contributed by atoms with E-state index in [0.29, 0.717) is 5.56 Å². The smallest absolute Gasteiger partial charge is 0.254 e. The molecule has 0 atom stereocenters. The Morgan fingerprint density at radius 2 is 1.46 bits per heavy atom. The van der Waals surface area contributed by atoms with Gasteiger partial charge in [-0.2, -0.15) is 0 Å². The van der Waals surface area contributed by atoms with Crippen LogP contribution >= 0.6 is 0 Å². The van der Waals surface area contributed by atoms with Gasteiger partial charge in [-0.05, 0) is 66.3 Å². The molecule has 0 saturated carbocycles. The van der Waals surface area contributed by atoms with Crippen LogP contribution in [0.5, 0.6) is 0 Å². The summed E-state index contributed by atoms with van der Waals surface area (Å²) in [4.78, 5) is 25.4. The van der Waals surface area contributed by atoms with Crippen LogP contribution in [0.15, 0.2) is 18.3 Å². The van der Waals surface area contributed by atoms with Crippen molar-refractivity contribution in [2.45, 2.75) is 12.8 Å². The summed E-state index contributed by atoms with van der Waals surface area (Å²) >= 11 is 0. The van der Waals surface area contributed by atoms with E-state index in [1.54, 1.807) is 12.3 Å². The molecular weight excluding hydrogens is 302 g/mol. The second kappa shape index (κ2) is 10.3. The minimum atomic E-state index is 0.0954. The number of amides is 1. The first-order valence-corrected chi connectivity index (χ1v) is 8.53. The lowest BCUT2D eigenvalue weighted by Gasteiger charge is -2.25. The third-order valence-electron chi connectivity index (χ3n) is 3.80. The summed E-state index contributed by atoms with van der Waals surface area (Å²) in [5, 5.41) is 0. The quantitative estimate of drug-likeness (QED) is 0.648. The fraction of sp³-hybridized carbons (Fsp3) is 0.667. The van der Waals surface area contributed by atoms with Gasteiger partial charge in [0.2, 0.25) is 0 Å². The van der Waals surface area contributed by atoms with Crippen molar-refractivity contribution in [1.29, 1.82) is 0 Å². The summed E-state index contributed by atoms with van der Waals surface area (Å²) in [5.41, 5.74) is 0.711. The maximum Gasteiger partial charge on any atom is 0.254 e. The van der Waals surface area contributed by atoms with Crippen molar-refractivity contribution < 1.29 is 4.79 Å². The molecular formula is C18H33N5O. The van der Waals surface area contributed by atoms with E-state index < -0.39 is 0 Å². The zero-order chi connectivity index (χ0) is 18.1. The van der Waals surface area contributed by atoms with E-state index in [4.69, 9.17) is 0 Å². The Hall–Kier alpha value is -1.66. The molecule has 0 aromatic carbocycles. The standard InChI is InChI=1S/C18H33N5O/c1-20(2)11-7-13-23(14-8-12-21(3)4)18(24)16-9-10-19-17(15-16)22(5)6/h9-10,15H,7-8,11-14H2,1-6H3. The van der Waals surface area contributed by atoms with Gasteiger partial charge in [0.1, 0.15) is 5.82 Å². The van der Waals surface area contributed by atoms with Crippen molar-refractivity contribution in [2.24, 2.45) is 0 Å². The van der Waals surface area contributed by atoms with Gasteiger partial charge in [0.25, 0.3) is 5.91 Å². The highest BCUT2D eigenvalue weighted by Gasteiger charge is 2.16. The van der Waals surface area contributed by atoms with Crippen LogP contribution in [0.4, 0.5) is 5.82 Å². The topological polar surface area (TPSA) is 42.9 Å². The minimum absolute atomic E-state index is 0.0954. The van der Waals surface area contributed by atoms with E-state index in [1.807, 2.05) is 30.0 Å². The molecule has 1 rings (SSSR count). The van der Waals surface area contributed by atoms with Gasteiger partial charge in [-0.25, -0.2) is 4.98 Å². The van der Waals surface area contributed by atoms with Crippen molar-refractivity contribution in [3.05, 3.63) is 23.9 Å². The molecule has 1 aromatic heterocycles. The van der Waals surface area contributed by atoms with Crippen molar-refractivity contribution in [1.82, 2.24) is 19.7 Å². The highest BCUT2D eigenvalue weighted by molar-refractivity contribution is 5.94. The van der Waals surface area contributed by atoms with Gasteiger partial charge >= 0.3 is 0 Å². The van der Waals surface area contributed by atoms with Gasteiger partial charge < -0.3 is 19.6 Å².